The summed E-state index contributed by atoms with van der Waals surface area (Å²) in [6.45, 7) is 3.07. The number of imidazole rings is 1. The second-order valence-electron chi connectivity index (χ2n) is 3.77. The molecule has 5 heteroatoms. The van der Waals surface area contributed by atoms with Crippen LogP contribution in [0.3, 0.4) is 0 Å². The largest absolute Gasteiger partial charge is 0.356 e. The fraction of sp³-hybridized carbons (Fsp3) is 0.636. The van der Waals surface area contributed by atoms with Gasteiger partial charge in [-0.25, -0.2) is 4.98 Å². The molecule has 0 saturated heterocycles. The molecule has 0 spiro atoms. The van der Waals surface area contributed by atoms with Crippen molar-refractivity contribution in [3.05, 3.63) is 18.2 Å². The average Bonchev–Trinajstić information content (AvgIpc) is 2.79. The van der Waals surface area contributed by atoms with E-state index in [1.54, 1.807) is 12.4 Å². The lowest BCUT2D eigenvalue weighted by Crippen LogP contribution is -2.35. The summed E-state index contributed by atoms with van der Waals surface area (Å²) in [7, 11) is 0. The summed E-state index contributed by atoms with van der Waals surface area (Å²) in [4.78, 5) is 18.7. The molecular weight excluding hydrogens is 204 g/mol. The van der Waals surface area contributed by atoms with E-state index in [-0.39, 0.29) is 11.8 Å². The Balaban J connectivity index is 2.13. The lowest BCUT2D eigenvalue weighted by molar-refractivity contribution is -0.124. The highest BCUT2D eigenvalue weighted by Gasteiger charge is 2.13. The quantitative estimate of drug-likeness (QED) is 0.588. The molecule has 1 aromatic heterocycles. The topological polar surface area (TPSA) is 83.8 Å². The maximum Gasteiger partial charge on any atom is 0.224 e. The Morgan fingerprint density at radius 1 is 1.69 bits per heavy atom. The predicted molar refractivity (Wildman–Crippen MR) is 62.8 cm³/mol. The van der Waals surface area contributed by atoms with Gasteiger partial charge in [-0.05, 0) is 12.8 Å². The molecular formula is C11H20N4O. The van der Waals surface area contributed by atoms with Gasteiger partial charge in [-0.2, -0.15) is 0 Å². The SMILES string of the molecule is CCC(CN)C(=O)NCCCc1ncc[nH]1. The third-order valence-electron chi connectivity index (χ3n) is 2.59. The molecule has 0 bridgehead atoms. The number of hydrogen-bond acceptors (Lipinski definition) is 3. The van der Waals surface area contributed by atoms with Crippen LogP contribution in [-0.4, -0.2) is 29.0 Å². The molecule has 4 N–H and O–H groups in total. The average molecular weight is 224 g/mol. The van der Waals surface area contributed by atoms with Gasteiger partial charge in [0.05, 0.1) is 0 Å². The van der Waals surface area contributed by atoms with E-state index in [1.807, 2.05) is 6.92 Å². The highest BCUT2D eigenvalue weighted by Crippen LogP contribution is 2.00. The molecule has 0 radical (unpaired) electrons. The fourth-order valence-electron chi connectivity index (χ4n) is 1.51. The van der Waals surface area contributed by atoms with Gasteiger partial charge >= 0.3 is 0 Å². The van der Waals surface area contributed by atoms with Crippen LogP contribution in [0.2, 0.25) is 0 Å². The summed E-state index contributed by atoms with van der Waals surface area (Å²) < 4.78 is 0. The van der Waals surface area contributed by atoms with Crippen molar-refractivity contribution < 1.29 is 4.79 Å². The maximum absolute atomic E-state index is 11.6. The van der Waals surface area contributed by atoms with E-state index in [4.69, 9.17) is 5.73 Å². The van der Waals surface area contributed by atoms with Gasteiger partial charge in [-0.3, -0.25) is 4.79 Å². The Morgan fingerprint density at radius 3 is 3.06 bits per heavy atom. The Labute approximate surface area is 95.8 Å². The minimum absolute atomic E-state index is 0.0522. The van der Waals surface area contributed by atoms with Gasteiger partial charge in [0.2, 0.25) is 5.91 Å². The van der Waals surface area contributed by atoms with E-state index < -0.39 is 0 Å². The summed E-state index contributed by atoms with van der Waals surface area (Å²) in [5.41, 5.74) is 5.49. The van der Waals surface area contributed by atoms with Crippen molar-refractivity contribution >= 4 is 5.91 Å². The molecule has 90 valence electrons. The number of rotatable bonds is 7. The van der Waals surface area contributed by atoms with Crippen molar-refractivity contribution in [3.63, 3.8) is 0 Å². The zero-order valence-electron chi connectivity index (χ0n) is 9.70. The van der Waals surface area contributed by atoms with Crippen LogP contribution in [0.4, 0.5) is 0 Å². The van der Waals surface area contributed by atoms with E-state index in [1.165, 1.54) is 0 Å². The van der Waals surface area contributed by atoms with Gasteiger partial charge in [0.25, 0.3) is 0 Å². The number of nitrogens with one attached hydrogen (secondary N) is 2. The number of aromatic amines is 1. The van der Waals surface area contributed by atoms with Crippen LogP contribution in [0.5, 0.6) is 0 Å². The summed E-state index contributed by atoms with van der Waals surface area (Å²) in [5, 5.41) is 2.89. The Kier molecular flexibility index (Phi) is 5.56. The normalized spacial score (nSPS) is 12.4. The standard InChI is InChI=1S/C11H20N4O/c1-2-9(8-12)11(16)15-5-3-4-10-13-6-7-14-10/h6-7,9H,2-5,8,12H2,1H3,(H,13,14)(H,15,16). The molecule has 0 aliphatic carbocycles. The molecule has 1 amide bonds. The Morgan fingerprint density at radius 2 is 2.50 bits per heavy atom. The zero-order valence-corrected chi connectivity index (χ0v) is 9.70. The van der Waals surface area contributed by atoms with Crippen molar-refractivity contribution in [1.82, 2.24) is 15.3 Å². The maximum atomic E-state index is 11.6. The van der Waals surface area contributed by atoms with Gasteiger partial charge in [0, 0.05) is 37.8 Å². The summed E-state index contributed by atoms with van der Waals surface area (Å²) in [6, 6.07) is 0. The van der Waals surface area contributed by atoms with E-state index in [9.17, 15) is 4.79 Å². The van der Waals surface area contributed by atoms with Crippen molar-refractivity contribution in [1.29, 1.82) is 0 Å². The first-order valence-corrected chi connectivity index (χ1v) is 5.74. The monoisotopic (exact) mass is 224 g/mol. The molecule has 5 nitrogen and oxygen atoms in total. The number of nitrogens with two attached hydrogens (primary N) is 1. The van der Waals surface area contributed by atoms with Crippen LogP contribution < -0.4 is 11.1 Å². The van der Waals surface area contributed by atoms with Crippen molar-refractivity contribution in [3.8, 4) is 0 Å². The van der Waals surface area contributed by atoms with Crippen LogP contribution in [0.25, 0.3) is 0 Å². The van der Waals surface area contributed by atoms with Crippen LogP contribution in [-0.2, 0) is 11.2 Å². The van der Waals surface area contributed by atoms with Crippen molar-refractivity contribution in [2.24, 2.45) is 11.7 Å². The molecule has 16 heavy (non-hydrogen) atoms. The second-order valence-corrected chi connectivity index (χ2v) is 3.77. The molecule has 1 heterocycles. The van der Waals surface area contributed by atoms with Crippen LogP contribution in [0.1, 0.15) is 25.6 Å². The molecule has 0 aliphatic rings. The molecule has 0 fully saturated rings. The van der Waals surface area contributed by atoms with Crippen molar-refractivity contribution in [2.45, 2.75) is 26.2 Å². The first-order valence-electron chi connectivity index (χ1n) is 5.74. The first kappa shape index (κ1) is 12.7. The summed E-state index contributed by atoms with van der Waals surface area (Å²) in [5.74, 6) is 0.966. The zero-order chi connectivity index (χ0) is 11.8. The molecule has 1 atom stereocenters. The number of carbonyl (C=O) groups is 1. The number of carbonyl (C=O) groups excluding carboxylic acids is 1. The lowest BCUT2D eigenvalue weighted by Gasteiger charge is -2.12. The molecule has 0 aromatic carbocycles. The van der Waals surface area contributed by atoms with Gasteiger partial charge in [-0.1, -0.05) is 6.92 Å². The third-order valence-corrected chi connectivity index (χ3v) is 2.59. The highest BCUT2D eigenvalue weighted by molar-refractivity contribution is 5.78. The minimum Gasteiger partial charge on any atom is -0.356 e. The molecule has 0 saturated carbocycles. The van der Waals surface area contributed by atoms with E-state index in [2.05, 4.69) is 15.3 Å². The molecule has 1 aromatic rings. The van der Waals surface area contributed by atoms with E-state index >= 15 is 0 Å². The van der Waals surface area contributed by atoms with Gasteiger partial charge in [0.1, 0.15) is 5.82 Å². The number of aryl methyl sites for hydroxylation is 1. The highest BCUT2D eigenvalue weighted by atomic mass is 16.1. The first-order chi connectivity index (χ1) is 7.77. The second kappa shape index (κ2) is 7.00. The van der Waals surface area contributed by atoms with Crippen LogP contribution >= 0.6 is 0 Å². The summed E-state index contributed by atoms with van der Waals surface area (Å²) in [6.07, 6.45) is 6.07. The van der Waals surface area contributed by atoms with Crippen LogP contribution in [0.15, 0.2) is 12.4 Å². The predicted octanol–water partition coefficient (Wildman–Crippen LogP) is 0.443. The van der Waals surface area contributed by atoms with E-state index in [0.29, 0.717) is 13.1 Å². The van der Waals surface area contributed by atoms with Gasteiger partial charge in [-0.15, -0.1) is 0 Å². The summed E-state index contributed by atoms with van der Waals surface area (Å²) >= 11 is 0. The number of hydrogen-bond donors (Lipinski definition) is 3. The number of H-pyrrole nitrogens is 1. The number of aromatic nitrogens is 2. The van der Waals surface area contributed by atoms with Gasteiger partial charge in [0.15, 0.2) is 0 Å². The number of nitrogens with zero attached hydrogens (tertiary/aromatic N) is 1. The van der Waals surface area contributed by atoms with E-state index in [0.717, 1.165) is 25.1 Å². The fourth-order valence-corrected chi connectivity index (χ4v) is 1.51. The Hall–Kier alpha value is -1.36. The minimum atomic E-state index is -0.0522. The number of amides is 1. The third kappa shape index (κ3) is 4.02. The molecule has 1 unspecified atom stereocenters. The smallest absolute Gasteiger partial charge is 0.224 e. The lowest BCUT2D eigenvalue weighted by atomic mass is 10.1. The molecule has 0 aliphatic heterocycles. The van der Waals surface area contributed by atoms with Gasteiger partial charge < -0.3 is 16.0 Å². The van der Waals surface area contributed by atoms with Crippen LogP contribution in [0, 0.1) is 5.92 Å². The molecule has 1 rings (SSSR count). The van der Waals surface area contributed by atoms with Crippen molar-refractivity contribution in [2.75, 3.05) is 13.1 Å². The Bertz CT molecular complexity index is 293.